The third-order valence-electron chi connectivity index (χ3n) is 3.86. The first-order chi connectivity index (χ1) is 9.66. The quantitative estimate of drug-likeness (QED) is 0.891. The van der Waals surface area contributed by atoms with Gasteiger partial charge in [0.1, 0.15) is 4.90 Å². The van der Waals surface area contributed by atoms with E-state index in [4.69, 9.17) is 23.2 Å². The summed E-state index contributed by atoms with van der Waals surface area (Å²) in [5, 5.41) is 3.95. The lowest BCUT2D eigenvalue weighted by atomic mass is 10.2. The number of benzene rings is 1. The summed E-state index contributed by atoms with van der Waals surface area (Å²) in [7, 11) is -3.67. The second-order valence-electron chi connectivity index (χ2n) is 5.68. The first-order valence-corrected chi connectivity index (χ1v) is 9.06. The summed E-state index contributed by atoms with van der Waals surface area (Å²) in [5.41, 5.74) is 1.17. The topological polar surface area (TPSA) is 49.4 Å². The van der Waals surface area contributed by atoms with Gasteiger partial charge in [0.05, 0.1) is 5.02 Å². The molecule has 7 heteroatoms. The minimum atomic E-state index is -3.67. The van der Waals surface area contributed by atoms with E-state index in [1.165, 1.54) is 4.31 Å². The average Bonchev–Trinajstić information content (AvgIpc) is 2.39. The van der Waals surface area contributed by atoms with Gasteiger partial charge in [-0.05, 0) is 44.9 Å². The van der Waals surface area contributed by atoms with Gasteiger partial charge in [-0.2, -0.15) is 4.31 Å². The summed E-state index contributed by atoms with van der Waals surface area (Å²) >= 11 is 12.4. The number of piperazine rings is 1. The van der Waals surface area contributed by atoms with Crippen LogP contribution in [0.3, 0.4) is 0 Å². The minimum absolute atomic E-state index is 0.107. The molecule has 1 aromatic rings. The summed E-state index contributed by atoms with van der Waals surface area (Å²) in [5.74, 6) is 0. The predicted molar refractivity (Wildman–Crippen MR) is 86.8 cm³/mol. The van der Waals surface area contributed by atoms with Gasteiger partial charge >= 0.3 is 0 Å². The molecule has 0 spiro atoms. The van der Waals surface area contributed by atoms with Crippen molar-refractivity contribution in [1.29, 1.82) is 0 Å². The monoisotopic (exact) mass is 350 g/mol. The van der Waals surface area contributed by atoms with Crippen molar-refractivity contribution in [3.8, 4) is 0 Å². The van der Waals surface area contributed by atoms with Crippen molar-refractivity contribution in [3.63, 3.8) is 0 Å². The molecule has 0 bridgehead atoms. The van der Waals surface area contributed by atoms with Crippen LogP contribution in [-0.2, 0) is 10.0 Å². The lowest BCUT2D eigenvalue weighted by Gasteiger charge is -2.37. The van der Waals surface area contributed by atoms with Crippen molar-refractivity contribution >= 4 is 33.2 Å². The molecule has 0 aromatic heterocycles. The molecule has 2 rings (SSSR count). The van der Waals surface area contributed by atoms with Crippen molar-refractivity contribution in [2.24, 2.45) is 0 Å². The second kappa shape index (κ2) is 6.05. The van der Waals surface area contributed by atoms with E-state index in [1.54, 1.807) is 19.9 Å². The molecule has 1 fully saturated rings. The van der Waals surface area contributed by atoms with Crippen molar-refractivity contribution < 1.29 is 8.42 Å². The van der Waals surface area contributed by atoms with Gasteiger partial charge in [0.25, 0.3) is 0 Å². The highest BCUT2D eigenvalue weighted by molar-refractivity contribution is 7.89. The summed E-state index contributed by atoms with van der Waals surface area (Å²) in [6.07, 6.45) is 0. The zero-order valence-electron chi connectivity index (χ0n) is 12.6. The van der Waals surface area contributed by atoms with E-state index in [0.717, 1.165) is 0 Å². The maximum atomic E-state index is 13.0. The molecule has 1 N–H and O–H groups in total. The van der Waals surface area contributed by atoms with Gasteiger partial charge < -0.3 is 5.32 Å². The Bertz CT molecular complexity index is 635. The Balaban J connectivity index is 2.59. The number of halogens is 2. The number of aryl methyl sites for hydroxylation is 1. The van der Waals surface area contributed by atoms with E-state index >= 15 is 0 Å². The highest BCUT2D eigenvalue weighted by Gasteiger charge is 2.36. The summed E-state index contributed by atoms with van der Waals surface area (Å²) in [6, 6.07) is 1.68. The fraction of sp³-hybridized carbons (Fsp3) is 0.571. The van der Waals surface area contributed by atoms with Crippen molar-refractivity contribution in [3.05, 3.63) is 27.2 Å². The van der Waals surface area contributed by atoms with Gasteiger partial charge in [-0.1, -0.05) is 23.2 Å². The van der Waals surface area contributed by atoms with Crippen LogP contribution in [0.5, 0.6) is 0 Å². The zero-order chi connectivity index (χ0) is 15.9. The van der Waals surface area contributed by atoms with Gasteiger partial charge in [0, 0.05) is 30.2 Å². The standard InChI is InChI=1S/C14H20Cl2N2O2S/c1-8-5-12(15)11(4)14(13(8)16)21(19,20)18-7-9(2)17-6-10(18)3/h5,9-10,17H,6-7H2,1-4H3. The Hall–Kier alpha value is -0.330. The van der Waals surface area contributed by atoms with E-state index in [2.05, 4.69) is 5.32 Å². The summed E-state index contributed by atoms with van der Waals surface area (Å²) in [6.45, 7) is 8.35. The molecule has 0 radical (unpaired) electrons. The van der Waals surface area contributed by atoms with Gasteiger partial charge in [0.2, 0.25) is 10.0 Å². The summed E-state index contributed by atoms with van der Waals surface area (Å²) in [4.78, 5) is 0.134. The van der Waals surface area contributed by atoms with Gasteiger partial charge in [-0.15, -0.1) is 0 Å². The van der Waals surface area contributed by atoms with Crippen LogP contribution in [-0.4, -0.2) is 37.9 Å². The van der Waals surface area contributed by atoms with E-state index in [1.807, 2.05) is 13.8 Å². The summed E-state index contributed by atoms with van der Waals surface area (Å²) < 4.78 is 27.6. The first kappa shape index (κ1) is 17.0. The Morgan fingerprint density at radius 2 is 1.90 bits per heavy atom. The predicted octanol–water partition coefficient (Wildman–Crippen LogP) is 2.98. The molecule has 0 saturated carbocycles. The maximum Gasteiger partial charge on any atom is 0.245 e. The molecular weight excluding hydrogens is 331 g/mol. The molecule has 2 atom stereocenters. The molecule has 1 heterocycles. The lowest BCUT2D eigenvalue weighted by molar-refractivity contribution is 0.244. The van der Waals surface area contributed by atoms with Crippen LogP contribution in [0, 0.1) is 13.8 Å². The van der Waals surface area contributed by atoms with Crippen LogP contribution in [0.1, 0.15) is 25.0 Å². The Labute approximate surface area is 136 Å². The van der Waals surface area contributed by atoms with Crippen molar-refractivity contribution in [1.82, 2.24) is 9.62 Å². The van der Waals surface area contributed by atoms with Crippen LogP contribution in [0.25, 0.3) is 0 Å². The largest absolute Gasteiger partial charge is 0.311 e. The van der Waals surface area contributed by atoms with E-state index in [9.17, 15) is 8.42 Å². The fourth-order valence-corrected chi connectivity index (χ4v) is 5.45. The molecule has 1 aliphatic rings. The molecule has 118 valence electrons. The Morgan fingerprint density at radius 1 is 1.29 bits per heavy atom. The number of nitrogens with zero attached hydrogens (tertiary/aromatic N) is 1. The molecule has 0 amide bonds. The van der Waals surface area contributed by atoms with Crippen molar-refractivity contribution in [2.75, 3.05) is 13.1 Å². The molecule has 21 heavy (non-hydrogen) atoms. The van der Waals surface area contributed by atoms with Crippen LogP contribution in [0.4, 0.5) is 0 Å². The Kier molecular flexibility index (Phi) is 4.90. The van der Waals surface area contributed by atoms with Crippen LogP contribution < -0.4 is 5.32 Å². The van der Waals surface area contributed by atoms with Gasteiger partial charge in [-0.3, -0.25) is 0 Å². The van der Waals surface area contributed by atoms with Crippen LogP contribution in [0.2, 0.25) is 10.0 Å². The SMILES string of the molecule is Cc1cc(Cl)c(C)c(S(=O)(=O)N2CC(C)NCC2C)c1Cl. The molecule has 0 aliphatic carbocycles. The third kappa shape index (κ3) is 3.08. The van der Waals surface area contributed by atoms with Gasteiger partial charge in [0.15, 0.2) is 0 Å². The highest BCUT2D eigenvalue weighted by atomic mass is 35.5. The Morgan fingerprint density at radius 3 is 2.52 bits per heavy atom. The number of rotatable bonds is 2. The molecule has 1 aromatic carbocycles. The lowest BCUT2D eigenvalue weighted by Crippen LogP contribution is -2.56. The van der Waals surface area contributed by atoms with E-state index in [0.29, 0.717) is 29.2 Å². The molecule has 4 nitrogen and oxygen atoms in total. The van der Waals surface area contributed by atoms with E-state index in [-0.39, 0.29) is 22.0 Å². The van der Waals surface area contributed by atoms with E-state index < -0.39 is 10.0 Å². The highest BCUT2D eigenvalue weighted by Crippen LogP contribution is 2.36. The van der Waals surface area contributed by atoms with Gasteiger partial charge in [-0.25, -0.2) is 8.42 Å². The first-order valence-electron chi connectivity index (χ1n) is 6.86. The van der Waals surface area contributed by atoms with Crippen molar-refractivity contribution in [2.45, 2.75) is 44.7 Å². The number of sulfonamides is 1. The maximum absolute atomic E-state index is 13.0. The average molecular weight is 351 g/mol. The zero-order valence-corrected chi connectivity index (χ0v) is 14.9. The molecule has 2 unspecified atom stereocenters. The minimum Gasteiger partial charge on any atom is -0.311 e. The smallest absolute Gasteiger partial charge is 0.245 e. The molecule has 1 aliphatic heterocycles. The van der Waals surface area contributed by atoms with Crippen LogP contribution in [0.15, 0.2) is 11.0 Å². The number of hydrogen-bond acceptors (Lipinski definition) is 3. The number of nitrogens with one attached hydrogen (secondary N) is 1. The molecule has 1 saturated heterocycles. The third-order valence-corrected chi connectivity index (χ3v) is 7.01. The number of hydrogen-bond donors (Lipinski definition) is 1. The van der Waals surface area contributed by atoms with Crippen LogP contribution >= 0.6 is 23.2 Å². The normalized spacial score (nSPS) is 24.3. The fourth-order valence-electron chi connectivity index (χ4n) is 2.56. The molecular formula is C14H20Cl2N2O2S. The second-order valence-corrected chi connectivity index (χ2v) is 8.29.